The lowest BCUT2D eigenvalue weighted by Crippen LogP contribution is -2.30. The Bertz CT molecular complexity index is 1380. The van der Waals surface area contributed by atoms with Gasteiger partial charge in [-0.1, -0.05) is 247 Å². The summed E-state index contributed by atoms with van der Waals surface area (Å²) < 4.78 is 16.9. The van der Waals surface area contributed by atoms with Gasteiger partial charge in [-0.25, -0.2) is 0 Å². The molecule has 0 aromatic rings. The van der Waals surface area contributed by atoms with Gasteiger partial charge in [0.2, 0.25) is 0 Å². The third kappa shape index (κ3) is 57.5. The number of hydrogen-bond acceptors (Lipinski definition) is 6. The van der Waals surface area contributed by atoms with Crippen LogP contribution in [0.2, 0.25) is 0 Å². The van der Waals surface area contributed by atoms with Gasteiger partial charge in [-0.05, 0) is 116 Å². The fourth-order valence-electron chi connectivity index (χ4n) is 8.52. The van der Waals surface area contributed by atoms with Gasteiger partial charge in [-0.3, -0.25) is 14.4 Å². The second kappa shape index (κ2) is 60.1. The summed E-state index contributed by atoms with van der Waals surface area (Å²) in [5.41, 5.74) is 0. The third-order valence-electron chi connectivity index (χ3n) is 13.1. The van der Waals surface area contributed by atoms with Gasteiger partial charge < -0.3 is 14.2 Å². The summed E-state index contributed by atoms with van der Waals surface area (Å²) in [4.78, 5) is 38.2. The molecule has 0 N–H and O–H groups in total. The molecule has 0 aromatic heterocycles. The molecule has 0 aliphatic carbocycles. The minimum atomic E-state index is -0.795. The SMILES string of the molecule is CC/C=C\C/C=C\C/C=C\CCCCCC(=O)OCC(COC(=O)CCCCCCCCCC/C=C\C/C=C\C/C=C\CCCCCCC)OC(=O)CCCCCCCCC/C=C\CCCCCCCCC. The monoisotopic (exact) mass is 1000 g/mol. The van der Waals surface area contributed by atoms with E-state index < -0.39 is 6.10 Å². The quantitative estimate of drug-likeness (QED) is 0.0261. The Kier molecular flexibility index (Phi) is 57.3. The molecule has 1 unspecified atom stereocenters. The smallest absolute Gasteiger partial charge is 0.306 e. The van der Waals surface area contributed by atoms with Crippen molar-refractivity contribution in [2.24, 2.45) is 0 Å². The number of hydrogen-bond donors (Lipinski definition) is 0. The fraction of sp³-hybridized carbons (Fsp3) is 0.742. The summed E-state index contributed by atoms with van der Waals surface area (Å²) in [6, 6.07) is 0. The average molecular weight is 1000 g/mol. The van der Waals surface area contributed by atoms with Crippen LogP contribution in [0.5, 0.6) is 0 Å². The lowest BCUT2D eigenvalue weighted by Gasteiger charge is -2.18. The molecule has 1 atom stereocenters. The van der Waals surface area contributed by atoms with Crippen LogP contribution >= 0.6 is 0 Å². The second-order valence-electron chi connectivity index (χ2n) is 20.2. The Labute approximate surface area is 445 Å². The van der Waals surface area contributed by atoms with E-state index in [0.717, 1.165) is 103 Å². The Morgan fingerprint density at radius 1 is 0.292 bits per heavy atom. The molecule has 0 saturated heterocycles. The zero-order valence-electron chi connectivity index (χ0n) is 47.4. The number of esters is 3. The Morgan fingerprint density at radius 3 is 0.875 bits per heavy atom. The van der Waals surface area contributed by atoms with E-state index in [2.05, 4.69) is 106 Å². The fourth-order valence-corrected chi connectivity index (χ4v) is 8.52. The minimum absolute atomic E-state index is 0.0913. The molecule has 0 heterocycles. The molecule has 6 heteroatoms. The van der Waals surface area contributed by atoms with Crippen LogP contribution in [-0.2, 0) is 28.6 Å². The average Bonchev–Trinajstić information content (AvgIpc) is 3.38. The third-order valence-corrected chi connectivity index (χ3v) is 13.1. The van der Waals surface area contributed by atoms with Crippen LogP contribution in [0.1, 0.15) is 297 Å². The first-order valence-electron chi connectivity index (χ1n) is 30.6. The van der Waals surface area contributed by atoms with Gasteiger partial charge >= 0.3 is 17.9 Å². The van der Waals surface area contributed by atoms with Crippen LogP contribution in [0.3, 0.4) is 0 Å². The van der Waals surface area contributed by atoms with Crippen molar-refractivity contribution >= 4 is 17.9 Å². The number of ether oxygens (including phenoxy) is 3. The summed E-state index contributed by atoms with van der Waals surface area (Å²) in [7, 11) is 0. The molecule has 0 radical (unpaired) electrons. The molecular weight excluding hydrogens is 889 g/mol. The summed E-state index contributed by atoms with van der Waals surface area (Å²) in [5.74, 6) is -0.925. The van der Waals surface area contributed by atoms with Crippen LogP contribution in [0.4, 0.5) is 0 Å². The first kappa shape index (κ1) is 68.6. The molecule has 0 saturated carbocycles. The highest BCUT2D eigenvalue weighted by Crippen LogP contribution is 2.15. The van der Waals surface area contributed by atoms with E-state index >= 15 is 0 Å². The molecule has 0 spiro atoms. The van der Waals surface area contributed by atoms with Crippen molar-refractivity contribution in [3.8, 4) is 0 Å². The van der Waals surface area contributed by atoms with Crippen LogP contribution in [0, 0.1) is 0 Å². The molecule has 0 fully saturated rings. The largest absolute Gasteiger partial charge is 0.462 e. The summed E-state index contributed by atoms with van der Waals surface area (Å²) in [6.45, 7) is 6.50. The van der Waals surface area contributed by atoms with Crippen molar-refractivity contribution in [1.29, 1.82) is 0 Å². The van der Waals surface area contributed by atoms with Crippen LogP contribution in [0.15, 0.2) is 85.1 Å². The molecule has 0 rings (SSSR count). The predicted molar refractivity (Wildman–Crippen MR) is 311 cm³/mol. The van der Waals surface area contributed by atoms with Crippen LogP contribution < -0.4 is 0 Å². The molecule has 72 heavy (non-hydrogen) atoms. The summed E-state index contributed by atoms with van der Waals surface area (Å²) in [6.07, 6.45) is 78.7. The molecule has 0 aliphatic rings. The second-order valence-corrected chi connectivity index (χ2v) is 20.2. The number of unbranched alkanes of at least 4 members (excludes halogenated alkanes) is 30. The molecule has 0 aromatic carbocycles. The lowest BCUT2D eigenvalue weighted by molar-refractivity contribution is -0.167. The van der Waals surface area contributed by atoms with Gasteiger partial charge in [0.1, 0.15) is 13.2 Å². The standard InChI is InChI=1S/C66H114O6/c1-4-7-10-13-16-19-22-25-27-29-31-32-33-34-35-37-38-41-44-47-50-53-56-59-65(68)71-62-63(61-70-64(67)58-55-52-49-46-43-40-24-21-18-15-12-9-6-3)72-66(69)60-57-54-51-48-45-42-39-36-30-28-26-23-20-17-14-11-8-5-2/h9,12,18,21-22,25,28-31,33-34,40,43,63H,4-8,10-11,13-17,19-20,23-24,26-27,32,35-39,41-42,44-62H2,1-3H3/b12-9-,21-18-,25-22-,30-28-,31-29-,34-33-,43-40-. The molecule has 414 valence electrons. The van der Waals surface area contributed by atoms with Gasteiger partial charge in [-0.2, -0.15) is 0 Å². The highest BCUT2D eigenvalue weighted by molar-refractivity contribution is 5.71. The Morgan fingerprint density at radius 2 is 0.542 bits per heavy atom. The number of allylic oxidation sites excluding steroid dienone is 14. The van der Waals surface area contributed by atoms with Gasteiger partial charge in [0.25, 0.3) is 0 Å². The van der Waals surface area contributed by atoms with Crippen molar-refractivity contribution in [2.45, 2.75) is 303 Å². The molecule has 0 bridgehead atoms. The number of carbonyl (C=O) groups is 3. The number of rotatable bonds is 55. The topological polar surface area (TPSA) is 78.9 Å². The molecular formula is C66H114O6. The molecule has 0 aliphatic heterocycles. The van der Waals surface area contributed by atoms with Gasteiger partial charge in [0, 0.05) is 19.3 Å². The maximum Gasteiger partial charge on any atom is 0.306 e. The number of carbonyl (C=O) groups excluding carboxylic acids is 3. The van der Waals surface area contributed by atoms with Crippen molar-refractivity contribution in [2.75, 3.05) is 13.2 Å². The lowest BCUT2D eigenvalue weighted by atomic mass is 10.1. The van der Waals surface area contributed by atoms with Gasteiger partial charge in [-0.15, -0.1) is 0 Å². The van der Waals surface area contributed by atoms with E-state index in [-0.39, 0.29) is 31.1 Å². The summed E-state index contributed by atoms with van der Waals surface area (Å²) >= 11 is 0. The molecule has 6 nitrogen and oxygen atoms in total. The Balaban J connectivity index is 4.37. The first-order chi connectivity index (χ1) is 35.5. The Hall–Kier alpha value is -3.41. The van der Waals surface area contributed by atoms with E-state index in [4.69, 9.17) is 14.2 Å². The van der Waals surface area contributed by atoms with Crippen molar-refractivity contribution in [3.05, 3.63) is 85.1 Å². The van der Waals surface area contributed by atoms with E-state index in [9.17, 15) is 14.4 Å². The summed E-state index contributed by atoms with van der Waals surface area (Å²) in [5, 5.41) is 0. The van der Waals surface area contributed by atoms with Crippen molar-refractivity contribution < 1.29 is 28.6 Å². The predicted octanol–water partition coefficient (Wildman–Crippen LogP) is 20.7. The van der Waals surface area contributed by atoms with Crippen LogP contribution in [-0.4, -0.2) is 37.2 Å². The van der Waals surface area contributed by atoms with E-state index in [0.29, 0.717) is 19.3 Å². The van der Waals surface area contributed by atoms with E-state index in [1.165, 1.54) is 154 Å². The highest BCUT2D eigenvalue weighted by atomic mass is 16.6. The zero-order chi connectivity index (χ0) is 52.2. The van der Waals surface area contributed by atoms with Crippen molar-refractivity contribution in [1.82, 2.24) is 0 Å². The van der Waals surface area contributed by atoms with Gasteiger partial charge in [0.15, 0.2) is 6.10 Å². The maximum absolute atomic E-state index is 12.9. The zero-order valence-corrected chi connectivity index (χ0v) is 47.4. The normalized spacial score (nSPS) is 12.7. The van der Waals surface area contributed by atoms with Crippen molar-refractivity contribution in [3.63, 3.8) is 0 Å². The van der Waals surface area contributed by atoms with E-state index in [1.54, 1.807) is 0 Å². The highest BCUT2D eigenvalue weighted by Gasteiger charge is 2.19. The van der Waals surface area contributed by atoms with E-state index in [1.807, 2.05) is 0 Å². The van der Waals surface area contributed by atoms with Crippen LogP contribution in [0.25, 0.3) is 0 Å². The minimum Gasteiger partial charge on any atom is -0.462 e. The van der Waals surface area contributed by atoms with Gasteiger partial charge in [0.05, 0.1) is 0 Å². The molecule has 0 amide bonds. The first-order valence-corrected chi connectivity index (χ1v) is 30.6. The maximum atomic E-state index is 12.9.